The first-order valence-electron chi connectivity index (χ1n) is 3.06. The fourth-order valence-electron chi connectivity index (χ4n) is 0. The Bertz CT molecular complexity index is 142. The second kappa shape index (κ2) is 12.5. The first-order chi connectivity index (χ1) is 5.29. The van der Waals surface area contributed by atoms with Gasteiger partial charge in [-0.1, -0.05) is 0 Å². The van der Waals surface area contributed by atoms with Gasteiger partial charge in [-0.3, -0.25) is 0 Å². The molecular formula is C6H13NO6Ti+2. The van der Waals surface area contributed by atoms with Crippen LogP contribution in [0.4, 0.5) is 0 Å². The maximum absolute atomic E-state index is 9.34. The van der Waals surface area contributed by atoms with Crippen LogP contribution in [0.15, 0.2) is 0 Å². The molecule has 0 aliphatic rings. The van der Waals surface area contributed by atoms with E-state index in [1.807, 2.05) is 0 Å². The van der Waals surface area contributed by atoms with Gasteiger partial charge in [0.25, 0.3) is 0 Å². The minimum atomic E-state index is -1.44. The standard InChI is InChI=1S/2C3H6O3.H3N.Ti/c2*1-2(4)3(5)6;;/h2*2,4H,1H3,(H,5,6);1H3;/q;;;+4/p-2. The molecule has 0 saturated carbocycles. The third kappa shape index (κ3) is 22.5. The van der Waals surface area contributed by atoms with Crippen molar-refractivity contribution in [2.45, 2.75) is 26.1 Å². The summed E-state index contributed by atoms with van der Waals surface area (Å²) in [4.78, 5) is 18.7. The zero-order chi connectivity index (χ0) is 10.3. The van der Waals surface area contributed by atoms with E-state index in [4.69, 9.17) is 10.2 Å². The predicted octanol–water partition coefficient (Wildman–Crippen LogP) is -3.61. The number of carboxylic acids is 2. The Kier molecular flexibility index (Phi) is 20.9. The van der Waals surface area contributed by atoms with Gasteiger partial charge in [-0.2, -0.15) is 0 Å². The van der Waals surface area contributed by atoms with E-state index in [0.717, 1.165) is 13.8 Å². The van der Waals surface area contributed by atoms with Crippen molar-refractivity contribution in [2.75, 3.05) is 0 Å². The summed E-state index contributed by atoms with van der Waals surface area (Å²) in [5.74, 6) is -2.87. The Morgan fingerprint density at radius 3 is 1.07 bits per heavy atom. The fourth-order valence-corrected chi connectivity index (χ4v) is 0. The Morgan fingerprint density at radius 1 is 1.00 bits per heavy atom. The molecule has 0 aromatic heterocycles. The zero-order valence-electron chi connectivity index (χ0n) is 7.89. The topological polar surface area (TPSA) is 156 Å². The molecule has 80 valence electrons. The zero-order valence-corrected chi connectivity index (χ0v) is 9.45. The summed E-state index contributed by atoms with van der Waals surface area (Å²) >= 11 is 0. The molecule has 0 bridgehead atoms. The molecule has 0 aliphatic heterocycles. The molecule has 2 atom stereocenters. The maximum atomic E-state index is 9.34. The molecule has 14 heavy (non-hydrogen) atoms. The summed E-state index contributed by atoms with van der Waals surface area (Å²) in [7, 11) is 0. The number of hydrogen-bond donors (Lipinski definition) is 3. The number of carbonyl (C=O) groups is 2. The number of aliphatic hydroxyl groups is 2. The number of carbonyl (C=O) groups excluding carboxylic acids is 2. The Hall–Kier alpha value is -0.466. The van der Waals surface area contributed by atoms with Crippen LogP contribution in [0.2, 0.25) is 0 Å². The molecule has 0 amide bonds. The molecule has 0 aliphatic carbocycles. The van der Waals surface area contributed by atoms with Crippen molar-refractivity contribution in [3.05, 3.63) is 0 Å². The Labute approximate surface area is 96.2 Å². The van der Waals surface area contributed by atoms with E-state index in [1.54, 1.807) is 0 Å². The van der Waals surface area contributed by atoms with Crippen molar-refractivity contribution in [2.24, 2.45) is 0 Å². The molecule has 7 nitrogen and oxygen atoms in total. The van der Waals surface area contributed by atoms with Crippen LogP contribution in [0.3, 0.4) is 0 Å². The number of carboxylic acid groups (broad SMARTS) is 2. The van der Waals surface area contributed by atoms with E-state index in [1.165, 1.54) is 0 Å². The minimum absolute atomic E-state index is 0. The molecule has 0 saturated heterocycles. The SMILES string of the molecule is CC(O)C(=O)[O-].CC(O)C(=O)[O-].N.[Ti+4]. The molecule has 0 fully saturated rings. The van der Waals surface area contributed by atoms with E-state index in [0.29, 0.717) is 0 Å². The quantitative estimate of drug-likeness (QED) is 0.422. The van der Waals surface area contributed by atoms with Crippen LogP contribution in [-0.2, 0) is 31.3 Å². The van der Waals surface area contributed by atoms with Gasteiger partial charge in [-0.25, -0.2) is 0 Å². The second-order valence-electron chi connectivity index (χ2n) is 1.99. The first kappa shape index (κ1) is 23.4. The molecule has 0 aromatic carbocycles. The van der Waals surface area contributed by atoms with Crippen molar-refractivity contribution in [3.8, 4) is 0 Å². The summed E-state index contributed by atoms with van der Waals surface area (Å²) in [6, 6.07) is 0. The van der Waals surface area contributed by atoms with Crippen molar-refractivity contribution >= 4 is 11.9 Å². The van der Waals surface area contributed by atoms with Gasteiger partial charge in [0.15, 0.2) is 0 Å². The largest absolute Gasteiger partial charge is 4.00 e. The van der Waals surface area contributed by atoms with Crippen LogP contribution in [0.1, 0.15) is 13.8 Å². The molecule has 0 heterocycles. The summed E-state index contributed by atoms with van der Waals surface area (Å²) in [5, 5.41) is 34.6. The van der Waals surface area contributed by atoms with Crippen LogP contribution in [0.5, 0.6) is 0 Å². The van der Waals surface area contributed by atoms with Crippen LogP contribution in [0, 0.1) is 0 Å². The van der Waals surface area contributed by atoms with Gasteiger partial charge in [0.05, 0.1) is 24.1 Å². The van der Waals surface area contributed by atoms with E-state index in [9.17, 15) is 19.8 Å². The van der Waals surface area contributed by atoms with Crippen LogP contribution in [-0.4, -0.2) is 34.4 Å². The van der Waals surface area contributed by atoms with Gasteiger partial charge >= 0.3 is 21.7 Å². The van der Waals surface area contributed by atoms with E-state index in [2.05, 4.69) is 0 Å². The van der Waals surface area contributed by atoms with Gasteiger partial charge in [0.1, 0.15) is 0 Å². The summed E-state index contributed by atoms with van der Waals surface area (Å²) in [6.07, 6.45) is -2.69. The average molecular weight is 243 g/mol. The monoisotopic (exact) mass is 243 g/mol. The number of hydrogen-bond acceptors (Lipinski definition) is 7. The summed E-state index contributed by atoms with van der Waals surface area (Å²) in [6.45, 7) is 2.27. The number of rotatable bonds is 2. The molecular weight excluding hydrogens is 230 g/mol. The van der Waals surface area contributed by atoms with Crippen LogP contribution < -0.4 is 16.4 Å². The Balaban J connectivity index is -0.0000000625. The minimum Gasteiger partial charge on any atom is -0.547 e. The molecule has 2 unspecified atom stereocenters. The fraction of sp³-hybridized carbons (Fsp3) is 0.667. The average Bonchev–Trinajstić information content (AvgIpc) is 1.88. The maximum Gasteiger partial charge on any atom is 4.00 e. The predicted molar refractivity (Wildman–Crippen MR) is 38.4 cm³/mol. The van der Waals surface area contributed by atoms with Gasteiger partial charge in [-0.15, -0.1) is 0 Å². The van der Waals surface area contributed by atoms with Gasteiger partial charge in [0, 0.05) is 0 Å². The number of aliphatic hydroxyl groups excluding tert-OH is 2. The van der Waals surface area contributed by atoms with Gasteiger partial charge < -0.3 is 36.2 Å². The Morgan fingerprint density at radius 2 is 1.07 bits per heavy atom. The van der Waals surface area contributed by atoms with Gasteiger partial charge in [0.2, 0.25) is 0 Å². The van der Waals surface area contributed by atoms with Crippen molar-refractivity contribution in [1.82, 2.24) is 6.15 Å². The molecule has 8 heteroatoms. The smallest absolute Gasteiger partial charge is 0.547 e. The van der Waals surface area contributed by atoms with E-state index < -0.39 is 24.1 Å². The van der Waals surface area contributed by atoms with E-state index in [-0.39, 0.29) is 27.9 Å². The van der Waals surface area contributed by atoms with Crippen molar-refractivity contribution in [3.63, 3.8) is 0 Å². The normalized spacial score (nSPS) is 11.7. The molecule has 5 N–H and O–H groups in total. The summed E-state index contributed by atoms with van der Waals surface area (Å²) < 4.78 is 0. The van der Waals surface area contributed by atoms with Crippen LogP contribution >= 0.6 is 0 Å². The van der Waals surface area contributed by atoms with Gasteiger partial charge in [-0.05, 0) is 13.8 Å². The van der Waals surface area contributed by atoms with Crippen molar-refractivity contribution < 1.29 is 51.7 Å². The van der Waals surface area contributed by atoms with Crippen molar-refractivity contribution in [1.29, 1.82) is 0 Å². The molecule has 0 spiro atoms. The third-order valence-corrected chi connectivity index (χ3v) is 0.682. The first-order valence-corrected chi connectivity index (χ1v) is 3.06. The molecule has 0 aromatic rings. The summed E-state index contributed by atoms with van der Waals surface area (Å²) in [5.41, 5.74) is 0. The van der Waals surface area contributed by atoms with E-state index >= 15 is 0 Å². The second-order valence-corrected chi connectivity index (χ2v) is 1.99. The molecule has 0 radical (unpaired) electrons. The third-order valence-electron chi connectivity index (χ3n) is 0.682. The van der Waals surface area contributed by atoms with Crippen LogP contribution in [0.25, 0.3) is 0 Å². The number of aliphatic carboxylic acids is 2. The molecule has 0 rings (SSSR count).